The summed E-state index contributed by atoms with van der Waals surface area (Å²) in [6.07, 6.45) is 28.5. The number of unbranched alkanes of at least 4 members (excludes halogenated alkanes) is 3. The molecule has 1 saturated heterocycles. The monoisotopic (exact) mass is 1280 g/mol. The molecule has 21 heteroatoms. The molecule has 0 bridgehead atoms. The lowest BCUT2D eigenvalue weighted by Crippen LogP contribution is -2.41. The van der Waals surface area contributed by atoms with Crippen molar-refractivity contribution in [1.82, 2.24) is 14.8 Å². The number of carboxylic acids is 1. The van der Waals surface area contributed by atoms with Gasteiger partial charge in [0.05, 0.1) is 34.0 Å². The highest BCUT2D eigenvalue weighted by Crippen LogP contribution is 2.30. The Morgan fingerprint density at radius 2 is 0.908 bits per heavy atom. The third-order valence-electron chi connectivity index (χ3n) is 15.9. The zero-order chi connectivity index (χ0) is 61.7. The predicted octanol–water partition coefficient (Wildman–Crippen LogP) is 12.6. The minimum Gasteiger partial charge on any atom is -0.494 e. The number of carbonyl (C=O) groups excluding carboxylic acids is 2. The number of hydrogen-bond acceptors (Lipinski definition) is 16. The lowest BCUT2D eigenvalue weighted by molar-refractivity contribution is -0.143. The highest BCUT2D eigenvalue weighted by atomic mass is 32.2. The number of nitrogens with one attached hydrogen (secondary N) is 3. The number of rotatable bonds is 35. The number of carbonyl (C=O) groups is 3. The zero-order valence-corrected chi connectivity index (χ0v) is 54.2. The summed E-state index contributed by atoms with van der Waals surface area (Å²) in [6.45, 7) is 4.46. The van der Waals surface area contributed by atoms with Crippen LogP contribution in [0.15, 0.2) is 108 Å². The van der Waals surface area contributed by atoms with Crippen molar-refractivity contribution in [3.05, 3.63) is 125 Å². The number of nitrogens with two attached hydrogens (primary N) is 1. The first-order chi connectivity index (χ1) is 42.4. The Hall–Kier alpha value is -5.39. The molecule has 87 heavy (non-hydrogen) atoms. The topological polar surface area (TPSA) is 232 Å². The largest absolute Gasteiger partial charge is 0.494 e. The molecule has 3 fully saturated rings. The first kappa shape index (κ1) is 70.7. The number of carboxylic acid groups (broad SMARTS) is 1. The van der Waals surface area contributed by atoms with Crippen LogP contribution in [-0.2, 0) is 65.7 Å². The standard InChI is InChI=1S/C24H33NO5S2.C22H30N2O5S2.C20H31NO3/c1-28-24(26)22(25-32(27)30-23-11-7-17-31-23)18-20-12-14-21(15-13-20)29-16-6-5-10-19-8-3-2-4-9-19;25-22(26)20(24-31(27)29-21-5-3-15-30-21)16-18-6-8-19(9-7-18)28-14-2-1-4-17-10-12-23-13-11-17;1-23-20(22)19(21)15-17-10-12-18(13-11-17)24-14-6-5-9-16-7-3-2-4-8-16/h7,11-15,17,19,22,25H,2-6,8-10,16,18H2,1H3;3,5-9,15,17,20,23-24H,1-2,4,10-14,16H2,(H,25,26);10-13,16,19H,2-9,14-15,21H2,1H3. The minimum absolute atomic E-state index is 0.186. The summed E-state index contributed by atoms with van der Waals surface area (Å²) < 4.78 is 66.9. The molecule has 5 unspecified atom stereocenters. The van der Waals surface area contributed by atoms with Crippen molar-refractivity contribution in [2.75, 3.05) is 47.1 Å². The molecule has 3 aromatic carbocycles. The third kappa shape index (κ3) is 29.2. The summed E-state index contributed by atoms with van der Waals surface area (Å²) in [5.74, 6) is 3.23. The Balaban J connectivity index is 0.000000211. The number of benzene rings is 3. The van der Waals surface area contributed by atoms with Crippen molar-refractivity contribution in [2.45, 2.75) is 172 Å². The molecule has 0 amide bonds. The molecule has 1 aliphatic heterocycles. The smallest absolute Gasteiger partial charge is 0.324 e. The number of esters is 2. The van der Waals surface area contributed by atoms with Gasteiger partial charge in [-0.05, 0) is 190 Å². The second kappa shape index (κ2) is 41.8. The summed E-state index contributed by atoms with van der Waals surface area (Å²) in [4.78, 5) is 35.0. The van der Waals surface area contributed by atoms with Crippen LogP contribution >= 0.6 is 22.7 Å². The maximum absolute atomic E-state index is 12.2. The van der Waals surface area contributed by atoms with Gasteiger partial charge < -0.3 is 48.2 Å². The highest BCUT2D eigenvalue weighted by Gasteiger charge is 2.25. The van der Waals surface area contributed by atoms with Crippen LogP contribution < -0.4 is 43.1 Å². The lowest BCUT2D eigenvalue weighted by atomic mass is 9.86. The molecule has 3 heterocycles. The molecule has 0 radical (unpaired) electrons. The van der Waals surface area contributed by atoms with Gasteiger partial charge in [0.25, 0.3) is 22.5 Å². The molecule has 2 saturated carbocycles. The molecule has 5 aromatic rings. The number of piperidine rings is 1. The van der Waals surface area contributed by atoms with E-state index in [1.807, 2.05) is 78.2 Å². The van der Waals surface area contributed by atoms with E-state index in [0.29, 0.717) is 29.6 Å². The Bertz CT molecular complexity index is 2690. The average molecular weight is 1280 g/mol. The van der Waals surface area contributed by atoms with Gasteiger partial charge in [0.15, 0.2) is 10.1 Å². The fourth-order valence-electron chi connectivity index (χ4n) is 11.0. The molecule has 2 aromatic heterocycles. The first-order valence-electron chi connectivity index (χ1n) is 31.2. The normalized spacial score (nSPS) is 16.4. The average Bonchev–Trinajstić information content (AvgIpc) is 4.42. The van der Waals surface area contributed by atoms with Gasteiger partial charge in [-0.25, -0.2) is 0 Å². The van der Waals surface area contributed by atoms with Crippen molar-refractivity contribution in [3.63, 3.8) is 0 Å². The van der Waals surface area contributed by atoms with E-state index in [0.717, 1.165) is 97.3 Å². The van der Waals surface area contributed by atoms with Gasteiger partial charge in [-0.1, -0.05) is 120 Å². The summed E-state index contributed by atoms with van der Waals surface area (Å²) in [7, 11) is 2.67. The number of methoxy groups -OCH3 is 2. The Morgan fingerprint density at radius 1 is 0.529 bits per heavy atom. The van der Waals surface area contributed by atoms with Crippen LogP contribution in [0.1, 0.15) is 152 Å². The van der Waals surface area contributed by atoms with Crippen LogP contribution in [-0.4, -0.2) is 96.7 Å². The second-order valence-electron chi connectivity index (χ2n) is 22.6. The highest BCUT2D eigenvalue weighted by molar-refractivity contribution is 7.78. The molecular formula is C66H94N4O13S4. The molecule has 17 nitrogen and oxygen atoms in total. The van der Waals surface area contributed by atoms with Gasteiger partial charge in [-0.15, -0.1) is 22.7 Å². The van der Waals surface area contributed by atoms with E-state index >= 15 is 0 Å². The molecular weight excluding hydrogens is 1190 g/mol. The van der Waals surface area contributed by atoms with Crippen molar-refractivity contribution in [1.29, 1.82) is 0 Å². The van der Waals surface area contributed by atoms with Crippen molar-refractivity contribution < 1.29 is 60.0 Å². The summed E-state index contributed by atoms with van der Waals surface area (Å²) in [5.41, 5.74) is 8.50. The van der Waals surface area contributed by atoms with E-state index in [1.54, 1.807) is 29.6 Å². The maximum atomic E-state index is 12.2. The van der Waals surface area contributed by atoms with Gasteiger partial charge in [-0.3, -0.25) is 14.4 Å². The number of thiophene rings is 2. The van der Waals surface area contributed by atoms with E-state index < -0.39 is 52.6 Å². The SMILES string of the molecule is COC(=O)C(Cc1ccc(OCCCCC2CCCCC2)cc1)NS(=O)Oc1cccs1.COC(=O)C(N)Cc1ccc(OCCCCC2CCCCC2)cc1.O=C(O)C(Cc1ccc(OCCCCC2CCNCC2)cc1)NS(=O)Oc1cccs1. The van der Waals surface area contributed by atoms with E-state index in [1.165, 1.54) is 152 Å². The minimum atomic E-state index is -1.94. The Kier molecular flexibility index (Phi) is 33.9. The molecule has 480 valence electrons. The van der Waals surface area contributed by atoms with Crippen LogP contribution in [0, 0.1) is 17.8 Å². The number of hydrogen-bond donors (Lipinski definition) is 5. The van der Waals surface area contributed by atoms with Gasteiger partial charge in [0, 0.05) is 0 Å². The fourth-order valence-corrected chi connectivity index (χ4v) is 13.9. The maximum Gasteiger partial charge on any atom is 0.324 e. The van der Waals surface area contributed by atoms with Crippen LogP contribution in [0.25, 0.3) is 0 Å². The first-order valence-corrected chi connectivity index (χ1v) is 35.1. The molecule has 6 N–H and O–H groups in total. The van der Waals surface area contributed by atoms with E-state index in [2.05, 4.69) is 19.5 Å². The van der Waals surface area contributed by atoms with Crippen molar-refractivity contribution in [2.24, 2.45) is 23.5 Å². The van der Waals surface area contributed by atoms with E-state index in [-0.39, 0.29) is 12.4 Å². The summed E-state index contributed by atoms with van der Waals surface area (Å²) >= 11 is -1.17. The molecule has 8 rings (SSSR count). The van der Waals surface area contributed by atoms with Gasteiger partial charge in [0.2, 0.25) is 0 Å². The lowest BCUT2D eigenvalue weighted by Gasteiger charge is -2.22. The summed E-state index contributed by atoms with van der Waals surface area (Å²) in [5, 5.41) is 17.4. The zero-order valence-electron chi connectivity index (χ0n) is 50.9. The number of aliphatic carboxylic acids is 1. The summed E-state index contributed by atoms with van der Waals surface area (Å²) in [6, 6.07) is 27.4. The molecule has 5 atom stereocenters. The van der Waals surface area contributed by atoms with E-state index in [4.69, 9.17) is 33.0 Å². The molecule has 3 aliphatic rings. The van der Waals surface area contributed by atoms with Gasteiger partial charge in [-0.2, -0.15) is 17.9 Å². The second-order valence-corrected chi connectivity index (χ2v) is 26.2. The van der Waals surface area contributed by atoms with Gasteiger partial charge in [0.1, 0.15) is 35.4 Å². The third-order valence-corrected chi connectivity index (χ3v) is 19.2. The van der Waals surface area contributed by atoms with Crippen LogP contribution in [0.3, 0.4) is 0 Å². The van der Waals surface area contributed by atoms with E-state index in [9.17, 15) is 27.9 Å². The van der Waals surface area contributed by atoms with Crippen LogP contribution in [0.4, 0.5) is 0 Å². The Morgan fingerprint density at radius 3 is 1.29 bits per heavy atom. The Labute approximate surface area is 529 Å². The molecule has 0 spiro atoms. The van der Waals surface area contributed by atoms with Crippen LogP contribution in [0.2, 0.25) is 0 Å². The van der Waals surface area contributed by atoms with Gasteiger partial charge >= 0.3 is 17.9 Å². The van der Waals surface area contributed by atoms with Crippen LogP contribution in [0.5, 0.6) is 27.4 Å². The van der Waals surface area contributed by atoms with Crippen molar-refractivity contribution in [3.8, 4) is 27.4 Å². The van der Waals surface area contributed by atoms with Crippen molar-refractivity contribution >= 4 is 63.1 Å². The fraction of sp³-hybridized carbons (Fsp3) is 0.561. The predicted molar refractivity (Wildman–Crippen MR) is 347 cm³/mol. The quantitative estimate of drug-likeness (QED) is 0.0188. The number of ether oxygens (including phenoxy) is 5. The molecule has 2 aliphatic carbocycles.